The highest BCUT2D eigenvalue weighted by atomic mass is 19.1. The summed E-state index contributed by atoms with van der Waals surface area (Å²) in [7, 11) is 0. The van der Waals surface area contributed by atoms with Gasteiger partial charge in [-0.25, -0.2) is 4.39 Å². The summed E-state index contributed by atoms with van der Waals surface area (Å²) in [6.45, 7) is 7.75. The van der Waals surface area contributed by atoms with Crippen molar-refractivity contribution < 1.29 is 13.9 Å². The predicted octanol–water partition coefficient (Wildman–Crippen LogP) is 4.93. The number of rotatable bonds is 5. The van der Waals surface area contributed by atoms with E-state index in [2.05, 4.69) is 41.0 Å². The van der Waals surface area contributed by atoms with Crippen LogP contribution in [0.2, 0.25) is 0 Å². The van der Waals surface area contributed by atoms with Crippen molar-refractivity contribution in [2.75, 3.05) is 49.1 Å². The molecular weight excluding hydrogens is 441 g/mol. The first-order valence-corrected chi connectivity index (χ1v) is 12.8. The van der Waals surface area contributed by atoms with Crippen LogP contribution in [0.1, 0.15) is 37.0 Å². The van der Waals surface area contributed by atoms with Crippen LogP contribution >= 0.6 is 0 Å². The summed E-state index contributed by atoms with van der Waals surface area (Å²) in [5.74, 6) is 0.0296. The Morgan fingerprint density at radius 3 is 2.74 bits per heavy atom. The number of hydrogen-bond acceptors (Lipinski definition) is 4. The second-order valence-corrected chi connectivity index (χ2v) is 10.1. The molecule has 2 fully saturated rings. The van der Waals surface area contributed by atoms with Crippen LogP contribution in [0.25, 0.3) is 10.8 Å². The fourth-order valence-electron chi connectivity index (χ4n) is 5.86. The molecule has 3 heterocycles. The minimum atomic E-state index is -0.190. The first-order valence-electron chi connectivity index (χ1n) is 12.8. The molecule has 2 saturated heterocycles. The summed E-state index contributed by atoms with van der Waals surface area (Å²) < 4.78 is 19.9. The van der Waals surface area contributed by atoms with Crippen LogP contribution in [0.15, 0.2) is 54.6 Å². The van der Waals surface area contributed by atoms with Crippen LogP contribution in [0, 0.1) is 5.82 Å². The summed E-state index contributed by atoms with van der Waals surface area (Å²) in [5.41, 5.74) is 4.82. The monoisotopic (exact) mass is 473 g/mol. The minimum Gasteiger partial charge on any atom is -0.373 e. The van der Waals surface area contributed by atoms with Gasteiger partial charge in [-0.2, -0.15) is 0 Å². The number of piperazine rings is 1. The van der Waals surface area contributed by atoms with E-state index in [9.17, 15) is 9.18 Å². The molecule has 3 aliphatic heterocycles. The Morgan fingerprint density at radius 2 is 1.94 bits per heavy atom. The van der Waals surface area contributed by atoms with Gasteiger partial charge in [0.1, 0.15) is 5.82 Å². The van der Waals surface area contributed by atoms with Crippen LogP contribution < -0.4 is 9.80 Å². The largest absolute Gasteiger partial charge is 0.373 e. The van der Waals surface area contributed by atoms with Crippen LogP contribution in [0.3, 0.4) is 0 Å². The van der Waals surface area contributed by atoms with Crippen LogP contribution in [0.5, 0.6) is 0 Å². The van der Waals surface area contributed by atoms with Crippen molar-refractivity contribution in [1.82, 2.24) is 4.90 Å². The maximum atomic E-state index is 13.7. The van der Waals surface area contributed by atoms with E-state index >= 15 is 0 Å². The molecule has 3 aromatic carbocycles. The highest BCUT2D eigenvalue weighted by Gasteiger charge is 2.29. The fourth-order valence-corrected chi connectivity index (χ4v) is 5.86. The number of anilines is 2. The molecule has 0 aromatic heterocycles. The van der Waals surface area contributed by atoms with Gasteiger partial charge in [0, 0.05) is 61.9 Å². The second-order valence-electron chi connectivity index (χ2n) is 10.1. The molecule has 35 heavy (non-hydrogen) atoms. The molecule has 182 valence electrons. The standard InChI is InChI=1S/C29H32FN3O2/c1-20-19-32(27-4-2-3-21-17-23(30)5-7-25(21)27)15-14-31(20)12-9-28-26-8-6-24(33-13-10-29(33)34)18-22(26)11-16-35-28/h2-8,17-18,20,28H,9-16,19H2,1H3/t20-,28+/m1/s1. The molecular formula is C29H32FN3O2. The number of ether oxygens (including phenoxy) is 1. The van der Waals surface area contributed by atoms with E-state index in [1.54, 1.807) is 12.1 Å². The van der Waals surface area contributed by atoms with E-state index in [-0.39, 0.29) is 17.8 Å². The number of nitrogens with zero attached hydrogens (tertiary/aromatic N) is 3. The molecule has 3 aliphatic rings. The minimum absolute atomic E-state index is 0.109. The van der Waals surface area contributed by atoms with Crippen LogP contribution in [-0.2, 0) is 16.0 Å². The molecule has 1 amide bonds. The van der Waals surface area contributed by atoms with Gasteiger partial charge >= 0.3 is 0 Å². The summed E-state index contributed by atoms with van der Waals surface area (Å²) in [5, 5.41) is 2.06. The molecule has 0 N–H and O–H groups in total. The lowest BCUT2D eigenvalue weighted by atomic mass is 9.94. The SMILES string of the molecule is C[C@@H]1CN(c2cccc3cc(F)ccc23)CCN1CC[C@@H]1OCCc2cc(N3CCC3=O)ccc21. The quantitative estimate of drug-likeness (QED) is 0.493. The zero-order valence-corrected chi connectivity index (χ0v) is 20.3. The Kier molecular flexibility index (Phi) is 5.94. The van der Waals surface area contributed by atoms with Crippen molar-refractivity contribution >= 4 is 28.1 Å². The highest BCUT2D eigenvalue weighted by molar-refractivity contribution is 5.99. The van der Waals surface area contributed by atoms with Gasteiger partial charge in [0.15, 0.2) is 0 Å². The van der Waals surface area contributed by atoms with E-state index in [1.807, 2.05) is 23.1 Å². The summed E-state index contributed by atoms with van der Waals surface area (Å²) in [6.07, 6.45) is 2.64. The number of amides is 1. The molecule has 0 bridgehead atoms. The van der Waals surface area contributed by atoms with E-state index in [0.717, 1.165) is 68.6 Å². The Morgan fingerprint density at radius 1 is 1.03 bits per heavy atom. The van der Waals surface area contributed by atoms with Crippen molar-refractivity contribution in [3.05, 3.63) is 71.5 Å². The third kappa shape index (κ3) is 4.30. The Bertz CT molecular complexity index is 1260. The van der Waals surface area contributed by atoms with Crippen molar-refractivity contribution in [2.24, 2.45) is 0 Å². The number of hydrogen-bond donors (Lipinski definition) is 0. The molecule has 6 rings (SSSR count). The zero-order valence-electron chi connectivity index (χ0n) is 20.3. The number of carbonyl (C=O) groups excluding carboxylic acids is 1. The second kappa shape index (κ2) is 9.25. The van der Waals surface area contributed by atoms with Crippen molar-refractivity contribution in [2.45, 2.75) is 38.3 Å². The average Bonchev–Trinajstić information content (AvgIpc) is 2.86. The van der Waals surface area contributed by atoms with Crippen molar-refractivity contribution in [1.29, 1.82) is 0 Å². The Hall–Kier alpha value is -2.96. The Balaban J connectivity index is 1.10. The third-order valence-electron chi connectivity index (χ3n) is 7.93. The number of benzene rings is 3. The lowest BCUT2D eigenvalue weighted by Crippen LogP contribution is -2.52. The first kappa shape index (κ1) is 22.5. The highest BCUT2D eigenvalue weighted by Crippen LogP contribution is 2.35. The average molecular weight is 474 g/mol. The maximum Gasteiger partial charge on any atom is 0.228 e. The van der Waals surface area contributed by atoms with Gasteiger partial charge in [0.25, 0.3) is 0 Å². The van der Waals surface area contributed by atoms with Gasteiger partial charge in [0.05, 0.1) is 12.7 Å². The molecule has 0 spiro atoms. The lowest BCUT2D eigenvalue weighted by Gasteiger charge is -2.42. The van der Waals surface area contributed by atoms with Crippen molar-refractivity contribution in [3.8, 4) is 0 Å². The van der Waals surface area contributed by atoms with E-state index < -0.39 is 0 Å². The van der Waals surface area contributed by atoms with E-state index in [4.69, 9.17) is 4.74 Å². The molecule has 0 aliphatic carbocycles. The predicted molar refractivity (Wildman–Crippen MR) is 138 cm³/mol. The summed E-state index contributed by atoms with van der Waals surface area (Å²) in [6, 6.07) is 18.1. The number of fused-ring (bicyclic) bond motifs is 2. The van der Waals surface area contributed by atoms with Gasteiger partial charge in [-0.05, 0) is 72.7 Å². The summed E-state index contributed by atoms with van der Waals surface area (Å²) >= 11 is 0. The number of carbonyl (C=O) groups is 1. The molecule has 6 heteroatoms. The van der Waals surface area contributed by atoms with Gasteiger partial charge in [-0.15, -0.1) is 0 Å². The van der Waals surface area contributed by atoms with Gasteiger partial charge in [0.2, 0.25) is 5.91 Å². The van der Waals surface area contributed by atoms with Gasteiger partial charge < -0.3 is 14.5 Å². The van der Waals surface area contributed by atoms with Crippen molar-refractivity contribution in [3.63, 3.8) is 0 Å². The number of halogens is 1. The first-order chi connectivity index (χ1) is 17.1. The maximum absolute atomic E-state index is 13.7. The van der Waals surface area contributed by atoms with Crippen LogP contribution in [0.4, 0.5) is 15.8 Å². The smallest absolute Gasteiger partial charge is 0.228 e. The molecule has 3 aromatic rings. The van der Waals surface area contributed by atoms with Gasteiger partial charge in [-0.3, -0.25) is 9.69 Å². The third-order valence-corrected chi connectivity index (χ3v) is 7.93. The summed E-state index contributed by atoms with van der Waals surface area (Å²) in [4.78, 5) is 18.7. The molecule has 0 radical (unpaired) electrons. The molecule has 2 atom stereocenters. The molecule has 0 unspecified atom stereocenters. The molecule has 0 saturated carbocycles. The topological polar surface area (TPSA) is 36.0 Å². The number of β-lactam (4-membered cyclic amide) rings is 1. The lowest BCUT2D eigenvalue weighted by molar-refractivity contribution is -0.122. The normalized spacial score (nSPS) is 22.9. The Labute approximate surface area is 206 Å². The van der Waals surface area contributed by atoms with Crippen LogP contribution in [-0.4, -0.2) is 56.2 Å². The molecule has 5 nitrogen and oxygen atoms in total. The van der Waals surface area contributed by atoms with E-state index in [0.29, 0.717) is 12.5 Å². The van der Waals surface area contributed by atoms with E-state index in [1.165, 1.54) is 16.8 Å². The zero-order chi connectivity index (χ0) is 23.9. The van der Waals surface area contributed by atoms with Gasteiger partial charge in [-0.1, -0.05) is 18.2 Å². The fraction of sp³-hybridized carbons (Fsp3) is 0.414.